The van der Waals surface area contributed by atoms with E-state index in [0.717, 1.165) is 11.1 Å². The van der Waals surface area contributed by atoms with Crippen LogP contribution >= 0.6 is 0 Å². The van der Waals surface area contributed by atoms with Gasteiger partial charge in [0.05, 0.1) is 18.8 Å². The van der Waals surface area contributed by atoms with E-state index in [1.807, 2.05) is 48.5 Å². The molecule has 1 fully saturated rings. The number of ether oxygens (including phenoxy) is 1. The van der Waals surface area contributed by atoms with Crippen LogP contribution in [0, 0.1) is 0 Å². The fourth-order valence-corrected chi connectivity index (χ4v) is 4.42. The van der Waals surface area contributed by atoms with Crippen molar-refractivity contribution in [3.63, 3.8) is 0 Å². The van der Waals surface area contributed by atoms with Gasteiger partial charge in [-0.3, -0.25) is 14.4 Å². The van der Waals surface area contributed by atoms with Crippen LogP contribution in [0.4, 0.5) is 0 Å². The summed E-state index contributed by atoms with van der Waals surface area (Å²) in [5.41, 5.74) is 6.72. The highest BCUT2D eigenvalue weighted by Crippen LogP contribution is 2.35. The van der Waals surface area contributed by atoms with Crippen molar-refractivity contribution in [1.29, 1.82) is 0 Å². The zero-order chi connectivity index (χ0) is 26.2. The van der Waals surface area contributed by atoms with Crippen molar-refractivity contribution < 1.29 is 19.1 Å². The molecule has 1 saturated heterocycles. The number of hydrogen-bond donors (Lipinski definition) is 3. The summed E-state index contributed by atoms with van der Waals surface area (Å²) in [7, 11) is 0. The van der Waals surface area contributed by atoms with E-state index < -0.39 is 17.5 Å². The van der Waals surface area contributed by atoms with Crippen LogP contribution in [-0.4, -0.2) is 60.4 Å². The molecule has 0 saturated carbocycles. The first kappa shape index (κ1) is 27.4. The molecular formula is C28H38N4O4. The van der Waals surface area contributed by atoms with Gasteiger partial charge in [-0.1, -0.05) is 60.7 Å². The molecule has 0 bridgehead atoms. The first-order valence-electron chi connectivity index (χ1n) is 12.4. The Hall–Kier alpha value is -3.23. The smallest absolute Gasteiger partial charge is 0.247 e. The highest BCUT2D eigenvalue weighted by atomic mass is 16.5. The van der Waals surface area contributed by atoms with Crippen molar-refractivity contribution in [3.05, 3.63) is 71.8 Å². The number of nitrogens with zero attached hydrogens (tertiary/aromatic N) is 1. The number of nitrogens with one attached hydrogen (secondary N) is 2. The lowest BCUT2D eigenvalue weighted by Gasteiger charge is -2.43. The Bertz CT molecular complexity index is 1010. The molecule has 4 N–H and O–H groups in total. The fourth-order valence-electron chi connectivity index (χ4n) is 4.42. The predicted octanol–water partition coefficient (Wildman–Crippen LogP) is 2.12. The maximum Gasteiger partial charge on any atom is 0.247 e. The zero-order valence-corrected chi connectivity index (χ0v) is 21.5. The molecule has 8 heteroatoms. The molecule has 0 spiro atoms. The van der Waals surface area contributed by atoms with Gasteiger partial charge in [0.25, 0.3) is 0 Å². The summed E-state index contributed by atoms with van der Waals surface area (Å²) in [6.07, 6.45) is 1.38. The minimum atomic E-state index is -1.12. The average molecular weight is 495 g/mol. The third-order valence-corrected chi connectivity index (χ3v) is 6.68. The first-order valence-corrected chi connectivity index (χ1v) is 12.4. The van der Waals surface area contributed by atoms with Crippen molar-refractivity contribution >= 4 is 17.7 Å². The number of amides is 3. The Balaban J connectivity index is 1.70. The van der Waals surface area contributed by atoms with Gasteiger partial charge in [0.2, 0.25) is 17.7 Å². The van der Waals surface area contributed by atoms with Crippen LogP contribution in [0.25, 0.3) is 0 Å². The number of carbonyl (C=O) groups is 3. The highest BCUT2D eigenvalue weighted by Gasteiger charge is 2.39. The molecule has 1 atom stereocenters. The summed E-state index contributed by atoms with van der Waals surface area (Å²) >= 11 is 0. The third-order valence-electron chi connectivity index (χ3n) is 6.68. The molecular weight excluding hydrogens is 456 g/mol. The van der Waals surface area contributed by atoms with E-state index >= 15 is 0 Å². The first-order chi connectivity index (χ1) is 17.1. The summed E-state index contributed by atoms with van der Waals surface area (Å²) in [5.74, 6) is -0.682. The van der Waals surface area contributed by atoms with E-state index in [4.69, 9.17) is 10.5 Å². The van der Waals surface area contributed by atoms with Gasteiger partial charge in [0.1, 0.15) is 6.04 Å². The van der Waals surface area contributed by atoms with Gasteiger partial charge < -0.3 is 26.0 Å². The number of nitrogens with two attached hydrogens (primary N) is 1. The van der Waals surface area contributed by atoms with E-state index in [1.165, 1.54) is 6.92 Å². The topological polar surface area (TPSA) is 114 Å². The highest BCUT2D eigenvalue weighted by molar-refractivity contribution is 5.91. The molecule has 1 heterocycles. The van der Waals surface area contributed by atoms with Crippen molar-refractivity contribution in [2.45, 2.75) is 57.2 Å². The Morgan fingerprint density at radius 2 is 1.61 bits per heavy atom. The predicted molar refractivity (Wildman–Crippen MR) is 139 cm³/mol. The maximum atomic E-state index is 13.5. The molecule has 2 aromatic carbocycles. The van der Waals surface area contributed by atoms with E-state index in [-0.39, 0.29) is 23.8 Å². The SMILES string of the molecule is CC(=O)NCC1(c2ccccc2)CCN(C(=O)C(COCc2ccccc2)NC(=O)C(C)(C)N)CC1. The number of likely N-dealkylation sites (tertiary alicyclic amines) is 1. The van der Waals surface area contributed by atoms with Crippen molar-refractivity contribution in [2.24, 2.45) is 5.73 Å². The molecule has 3 amide bonds. The van der Waals surface area contributed by atoms with Gasteiger partial charge in [0, 0.05) is 32.0 Å². The van der Waals surface area contributed by atoms with Crippen molar-refractivity contribution in [3.8, 4) is 0 Å². The normalized spacial score (nSPS) is 16.2. The van der Waals surface area contributed by atoms with Gasteiger partial charge in [-0.2, -0.15) is 0 Å². The largest absolute Gasteiger partial charge is 0.374 e. The Morgan fingerprint density at radius 1 is 1.03 bits per heavy atom. The number of hydrogen-bond acceptors (Lipinski definition) is 5. The van der Waals surface area contributed by atoms with E-state index in [0.29, 0.717) is 39.1 Å². The minimum absolute atomic E-state index is 0.0434. The molecule has 2 aromatic rings. The monoisotopic (exact) mass is 494 g/mol. The third kappa shape index (κ3) is 7.38. The summed E-state index contributed by atoms with van der Waals surface area (Å²) in [5, 5.41) is 5.77. The van der Waals surface area contributed by atoms with E-state index in [9.17, 15) is 14.4 Å². The molecule has 36 heavy (non-hydrogen) atoms. The van der Waals surface area contributed by atoms with Gasteiger partial charge in [-0.25, -0.2) is 0 Å². The molecule has 1 aliphatic heterocycles. The Kier molecular flexibility index (Phi) is 9.23. The van der Waals surface area contributed by atoms with Crippen LogP contribution in [0.5, 0.6) is 0 Å². The molecule has 8 nitrogen and oxygen atoms in total. The van der Waals surface area contributed by atoms with Crippen LogP contribution in [0.3, 0.4) is 0 Å². The Labute approximate surface area is 213 Å². The van der Waals surface area contributed by atoms with Crippen LogP contribution in [0.15, 0.2) is 60.7 Å². The number of rotatable bonds is 10. The van der Waals surface area contributed by atoms with Crippen molar-refractivity contribution in [2.75, 3.05) is 26.2 Å². The van der Waals surface area contributed by atoms with Gasteiger partial charge >= 0.3 is 0 Å². The molecule has 194 valence electrons. The second-order valence-corrected chi connectivity index (χ2v) is 10.1. The number of piperidine rings is 1. The summed E-state index contributed by atoms with van der Waals surface area (Å²) in [4.78, 5) is 39.6. The lowest BCUT2D eigenvalue weighted by Crippen LogP contribution is -2.59. The van der Waals surface area contributed by atoms with Gasteiger partial charge in [0.15, 0.2) is 0 Å². The lowest BCUT2D eigenvalue weighted by molar-refractivity contribution is -0.140. The zero-order valence-electron chi connectivity index (χ0n) is 21.5. The quantitative estimate of drug-likeness (QED) is 0.468. The standard InChI is InChI=1S/C28H38N4O4/c1-21(33)30-20-28(23-12-8-5-9-13-23)14-16-32(17-15-28)25(34)24(31-26(35)27(2,3)29)19-36-18-22-10-6-4-7-11-22/h4-13,24H,14-20,29H2,1-3H3,(H,30,33)(H,31,35). The summed E-state index contributed by atoms with van der Waals surface area (Å²) in [6, 6.07) is 18.9. The number of benzene rings is 2. The number of carbonyl (C=O) groups excluding carboxylic acids is 3. The lowest BCUT2D eigenvalue weighted by atomic mass is 9.72. The molecule has 3 rings (SSSR count). The molecule has 1 unspecified atom stereocenters. The van der Waals surface area contributed by atoms with Crippen LogP contribution in [0.2, 0.25) is 0 Å². The summed E-state index contributed by atoms with van der Waals surface area (Å²) in [6.45, 7) is 6.61. The molecule has 1 aliphatic rings. The van der Waals surface area contributed by atoms with Gasteiger partial charge in [-0.05, 0) is 37.8 Å². The van der Waals surface area contributed by atoms with Crippen LogP contribution < -0.4 is 16.4 Å². The maximum absolute atomic E-state index is 13.5. The molecule has 0 radical (unpaired) electrons. The second kappa shape index (κ2) is 12.1. The molecule has 0 aliphatic carbocycles. The minimum Gasteiger partial charge on any atom is -0.374 e. The van der Waals surface area contributed by atoms with Gasteiger partial charge in [-0.15, -0.1) is 0 Å². The summed E-state index contributed by atoms with van der Waals surface area (Å²) < 4.78 is 5.83. The average Bonchev–Trinajstić information content (AvgIpc) is 2.87. The van der Waals surface area contributed by atoms with E-state index in [2.05, 4.69) is 22.8 Å². The van der Waals surface area contributed by atoms with Crippen LogP contribution in [0.1, 0.15) is 44.7 Å². The van der Waals surface area contributed by atoms with Crippen molar-refractivity contribution in [1.82, 2.24) is 15.5 Å². The molecule has 0 aromatic heterocycles. The van der Waals surface area contributed by atoms with Crippen LogP contribution in [-0.2, 0) is 31.1 Å². The fraction of sp³-hybridized carbons (Fsp3) is 0.464. The second-order valence-electron chi connectivity index (χ2n) is 10.1. The Morgan fingerprint density at radius 3 is 2.17 bits per heavy atom. The van der Waals surface area contributed by atoms with E-state index in [1.54, 1.807) is 18.7 Å².